The van der Waals surface area contributed by atoms with Gasteiger partial charge in [-0.15, -0.1) is 0 Å². The van der Waals surface area contributed by atoms with E-state index in [1.54, 1.807) is 14.2 Å². The Balaban J connectivity index is 3.76. The van der Waals surface area contributed by atoms with Crippen LogP contribution >= 0.6 is 0 Å². The van der Waals surface area contributed by atoms with Gasteiger partial charge in [0.15, 0.2) is 0 Å². The van der Waals surface area contributed by atoms with Crippen LogP contribution in [-0.2, 0) is 9.47 Å². The predicted molar refractivity (Wildman–Crippen MR) is 46.4 cm³/mol. The van der Waals surface area contributed by atoms with Crippen molar-refractivity contribution in [1.29, 1.82) is 0 Å². The molecule has 2 unspecified atom stereocenters. The number of hydrogen-bond acceptors (Lipinski definition) is 2. The minimum absolute atomic E-state index is 0.299. The quantitative estimate of drug-likeness (QED) is 0.589. The first-order chi connectivity index (χ1) is 5.29. The van der Waals surface area contributed by atoms with Crippen molar-refractivity contribution in [3.63, 3.8) is 0 Å². The molecule has 0 saturated heterocycles. The molecule has 0 aromatic heterocycles. The number of methoxy groups -OCH3 is 2. The minimum Gasteiger partial charge on any atom is -0.384 e. The smallest absolute Gasteiger partial charge is 0.0618 e. The summed E-state index contributed by atoms with van der Waals surface area (Å²) in [6.07, 6.45) is 2.20. The lowest BCUT2D eigenvalue weighted by Crippen LogP contribution is -2.25. The van der Waals surface area contributed by atoms with Crippen LogP contribution in [0.3, 0.4) is 0 Å². The average molecular weight is 159 g/mol. The van der Waals surface area contributed by atoms with Gasteiger partial charge in [0, 0.05) is 20.1 Å². The number of rotatable bonds is 6. The maximum Gasteiger partial charge on any atom is 0.0618 e. The van der Waals surface area contributed by atoms with Gasteiger partial charge in [-0.05, 0) is 12.8 Å². The van der Waals surface area contributed by atoms with Gasteiger partial charge in [-0.3, -0.25) is 0 Å². The van der Waals surface area contributed by atoms with Crippen molar-refractivity contribution < 1.29 is 9.47 Å². The molecule has 67 valence electrons. The Kier molecular flexibility index (Phi) is 6.57. The van der Waals surface area contributed by atoms with Gasteiger partial charge >= 0.3 is 0 Å². The summed E-state index contributed by atoms with van der Waals surface area (Å²) < 4.78 is 10.3. The molecule has 0 N–H and O–H groups in total. The molecule has 0 aliphatic carbocycles. The summed E-state index contributed by atoms with van der Waals surface area (Å²) in [5, 5.41) is 0. The number of hydrogen-bond donors (Lipinski definition) is 0. The molecule has 0 spiro atoms. The molecular weight excluding hydrogens is 140 g/mol. The fraction of sp³-hybridized carbons (Fsp3) is 0.889. The fourth-order valence-corrected chi connectivity index (χ4v) is 1.28. The topological polar surface area (TPSA) is 18.5 Å². The summed E-state index contributed by atoms with van der Waals surface area (Å²) in [4.78, 5) is 0. The van der Waals surface area contributed by atoms with E-state index < -0.39 is 0 Å². The molecule has 0 rings (SSSR count). The predicted octanol–water partition coefficient (Wildman–Crippen LogP) is 1.90. The van der Waals surface area contributed by atoms with Gasteiger partial charge in [0.25, 0.3) is 0 Å². The molecule has 0 aliphatic rings. The number of ether oxygens (including phenoxy) is 2. The van der Waals surface area contributed by atoms with Crippen LogP contribution in [0.15, 0.2) is 0 Å². The first kappa shape index (κ1) is 10.9. The molecule has 0 aromatic carbocycles. The molecule has 0 heterocycles. The summed E-state index contributed by atoms with van der Waals surface area (Å²) in [6.45, 7) is 6.72. The van der Waals surface area contributed by atoms with Gasteiger partial charge in [0.05, 0.1) is 12.7 Å². The summed E-state index contributed by atoms with van der Waals surface area (Å²) >= 11 is 0. The average Bonchev–Trinajstić information content (AvgIpc) is 2.05. The van der Waals surface area contributed by atoms with E-state index >= 15 is 0 Å². The van der Waals surface area contributed by atoms with Crippen LogP contribution in [0.4, 0.5) is 0 Å². The van der Waals surface area contributed by atoms with E-state index in [1.807, 2.05) is 0 Å². The monoisotopic (exact) mass is 159 g/mol. The van der Waals surface area contributed by atoms with Crippen molar-refractivity contribution in [2.45, 2.75) is 25.9 Å². The van der Waals surface area contributed by atoms with Crippen LogP contribution < -0.4 is 0 Å². The zero-order valence-electron chi connectivity index (χ0n) is 7.80. The molecule has 0 saturated carbocycles. The highest BCUT2D eigenvalue weighted by atomic mass is 16.5. The Morgan fingerprint density at radius 2 is 2.00 bits per heavy atom. The van der Waals surface area contributed by atoms with E-state index in [-0.39, 0.29) is 0 Å². The van der Waals surface area contributed by atoms with Crippen molar-refractivity contribution in [2.75, 3.05) is 20.8 Å². The van der Waals surface area contributed by atoms with Gasteiger partial charge in [-0.1, -0.05) is 13.8 Å². The molecule has 11 heavy (non-hydrogen) atoms. The normalized spacial score (nSPS) is 16.4. The van der Waals surface area contributed by atoms with E-state index in [2.05, 4.69) is 13.8 Å². The highest BCUT2D eigenvalue weighted by Crippen LogP contribution is 2.14. The zero-order chi connectivity index (χ0) is 8.69. The second kappa shape index (κ2) is 6.62. The summed E-state index contributed by atoms with van der Waals surface area (Å²) in [6, 6.07) is 0. The highest BCUT2D eigenvalue weighted by molar-refractivity contribution is 4.69. The fourth-order valence-electron chi connectivity index (χ4n) is 1.28. The third kappa shape index (κ3) is 3.73. The lowest BCUT2D eigenvalue weighted by Gasteiger charge is -2.22. The maximum absolute atomic E-state index is 5.29. The van der Waals surface area contributed by atoms with Crippen molar-refractivity contribution in [1.82, 2.24) is 0 Å². The van der Waals surface area contributed by atoms with Crippen molar-refractivity contribution in [3.05, 3.63) is 6.92 Å². The van der Waals surface area contributed by atoms with Crippen molar-refractivity contribution >= 4 is 0 Å². The van der Waals surface area contributed by atoms with Crippen molar-refractivity contribution in [2.24, 2.45) is 5.92 Å². The van der Waals surface area contributed by atoms with E-state index in [0.29, 0.717) is 12.0 Å². The molecule has 0 fully saturated rings. The molecular formula is C9H19O2. The highest BCUT2D eigenvalue weighted by Gasteiger charge is 2.16. The van der Waals surface area contributed by atoms with Crippen LogP contribution in [0.5, 0.6) is 0 Å². The Morgan fingerprint density at radius 1 is 1.36 bits per heavy atom. The van der Waals surface area contributed by atoms with Crippen LogP contribution in [-0.4, -0.2) is 26.9 Å². The van der Waals surface area contributed by atoms with Gasteiger partial charge in [-0.25, -0.2) is 0 Å². The van der Waals surface area contributed by atoms with Crippen LogP contribution in [0.25, 0.3) is 0 Å². The zero-order valence-corrected chi connectivity index (χ0v) is 7.80. The SMILES string of the molecule is [CH2]CC(COC)C(CC)OC. The van der Waals surface area contributed by atoms with Gasteiger partial charge < -0.3 is 9.47 Å². The van der Waals surface area contributed by atoms with E-state index in [0.717, 1.165) is 19.4 Å². The second-order valence-electron chi connectivity index (χ2n) is 2.69. The third-order valence-corrected chi connectivity index (χ3v) is 1.98. The molecule has 2 nitrogen and oxygen atoms in total. The Bertz CT molecular complexity index is 79.6. The summed E-state index contributed by atoms with van der Waals surface area (Å²) in [7, 11) is 3.46. The lowest BCUT2D eigenvalue weighted by molar-refractivity contribution is 0.0133. The maximum atomic E-state index is 5.29. The summed E-state index contributed by atoms with van der Waals surface area (Å²) in [5.74, 6) is 0.440. The second-order valence-corrected chi connectivity index (χ2v) is 2.69. The van der Waals surface area contributed by atoms with Gasteiger partial charge in [0.2, 0.25) is 0 Å². The Labute approximate surface area is 69.9 Å². The largest absolute Gasteiger partial charge is 0.384 e. The first-order valence-electron chi connectivity index (χ1n) is 4.11. The van der Waals surface area contributed by atoms with E-state index in [1.165, 1.54) is 0 Å². The van der Waals surface area contributed by atoms with Gasteiger partial charge in [0.1, 0.15) is 0 Å². The van der Waals surface area contributed by atoms with Crippen molar-refractivity contribution in [3.8, 4) is 0 Å². The van der Waals surface area contributed by atoms with Crippen LogP contribution in [0.1, 0.15) is 19.8 Å². The molecule has 1 radical (unpaired) electrons. The van der Waals surface area contributed by atoms with E-state index in [4.69, 9.17) is 9.47 Å². The Hall–Kier alpha value is -0.0800. The molecule has 0 bridgehead atoms. The minimum atomic E-state index is 0.299. The van der Waals surface area contributed by atoms with Crippen LogP contribution in [0, 0.1) is 12.8 Å². The third-order valence-electron chi connectivity index (χ3n) is 1.98. The first-order valence-corrected chi connectivity index (χ1v) is 4.11. The molecule has 2 heteroatoms. The standard InChI is InChI=1S/C9H19O2/c1-5-8(7-10-3)9(6-2)11-4/h8-9H,1,5-7H2,2-4H3. The van der Waals surface area contributed by atoms with E-state index in [9.17, 15) is 0 Å². The Morgan fingerprint density at radius 3 is 2.27 bits per heavy atom. The lowest BCUT2D eigenvalue weighted by atomic mass is 9.98. The van der Waals surface area contributed by atoms with Crippen LogP contribution in [0.2, 0.25) is 0 Å². The molecule has 0 aliphatic heterocycles. The summed E-state index contributed by atoms with van der Waals surface area (Å²) in [5.41, 5.74) is 0. The molecule has 2 atom stereocenters. The molecule has 0 amide bonds. The van der Waals surface area contributed by atoms with Gasteiger partial charge in [-0.2, -0.15) is 0 Å². The molecule has 0 aromatic rings.